The van der Waals surface area contributed by atoms with E-state index in [2.05, 4.69) is 4.98 Å². The molecule has 0 fully saturated rings. The number of rotatable bonds is 3. The zero-order chi connectivity index (χ0) is 11.6. The van der Waals surface area contributed by atoms with E-state index in [1.807, 2.05) is 0 Å². The summed E-state index contributed by atoms with van der Waals surface area (Å²) in [4.78, 5) is 13.9. The summed E-state index contributed by atoms with van der Waals surface area (Å²) in [6.07, 6.45) is -3.19. The second kappa shape index (κ2) is 4.53. The third-order valence-corrected chi connectivity index (χ3v) is 2.29. The molecule has 15 heavy (non-hydrogen) atoms. The standard InChI is InChI=1S/C9H8ClF2NO2/c1-4-2-6(9(11)12)13-5(8(4)10)3-7(14)15/h2,9H,3H2,1H3,(H,14,15). The average Bonchev–Trinajstić information content (AvgIpc) is 2.11. The fourth-order valence-corrected chi connectivity index (χ4v) is 1.29. The fourth-order valence-electron chi connectivity index (χ4n) is 1.12. The van der Waals surface area contributed by atoms with Crippen LogP contribution >= 0.6 is 11.6 Å². The number of aryl methyl sites for hydroxylation is 1. The zero-order valence-corrected chi connectivity index (χ0v) is 8.55. The number of aliphatic carboxylic acids is 1. The predicted molar refractivity (Wildman–Crippen MR) is 50.3 cm³/mol. The van der Waals surface area contributed by atoms with Crippen molar-refractivity contribution in [2.45, 2.75) is 19.8 Å². The molecule has 1 N–H and O–H groups in total. The number of carboxylic acids is 1. The van der Waals surface area contributed by atoms with Crippen LogP contribution in [-0.2, 0) is 11.2 Å². The molecule has 0 aliphatic carbocycles. The summed E-state index contributed by atoms with van der Waals surface area (Å²) < 4.78 is 24.7. The molecule has 0 saturated heterocycles. The lowest BCUT2D eigenvalue weighted by atomic mass is 10.1. The number of carboxylic acid groups (broad SMARTS) is 1. The molecular weight excluding hydrogens is 228 g/mol. The molecule has 0 saturated carbocycles. The van der Waals surface area contributed by atoms with Gasteiger partial charge in [-0.15, -0.1) is 0 Å². The van der Waals surface area contributed by atoms with Crippen LogP contribution in [0.15, 0.2) is 6.07 Å². The molecule has 3 nitrogen and oxygen atoms in total. The first-order valence-corrected chi connectivity index (χ1v) is 4.45. The molecule has 0 aliphatic rings. The largest absolute Gasteiger partial charge is 0.481 e. The van der Waals surface area contributed by atoms with Crippen molar-refractivity contribution in [1.82, 2.24) is 4.98 Å². The number of nitrogens with zero attached hydrogens (tertiary/aromatic N) is 1. The van der Waals surface area contributed by atoms with Crippen molar-refractivity contribution < 1.29 is 18.7 Å². The first-order chi connectivity index (χ1) is 6.91. The highest BCUT2D eigenvalue weighted by Gasteiger charge is 2.16. The summed E-state index contributed by atoms with van der Waals surface area (Å²) in [5, 5.41) is 8.65. The Hall–Kier alpha value is -1.23. The van der Waals surface area contributed by atoms with Crippen LogP contribution in [0.25, 0.3) is 0 Å². The van der Waals surface area contributed by atoms with Crippen LogP contribution < -0.4 is 0 Å². The van der Waals surface area contributed by atoms with Crippen LogP contribution in [0.3, 0.4) is 0 Å². The topological polar surface area (TPSA) is 50.2 Å². The van der Waals surface area contributed by atoms with Gasteiger partial charge >= 0.3 is 5.97 Å². The van der Waals surface area contributed by atoms with Gasteiger partial charge in [0, 0.05) is 0 Å². The lowest BCUT2D eigenvalue weighted by Gasteiger charge is -2.07. The number of hydrogen-bond acceptors (Lipinski definition) is 2. The average molecular weight is 236 g/mol. The molecule has 1 aromatic rings. The second-order valence-electron chi connectivity index (χ2n) is 3.00. The number of alkyl halides is 2. The highest BCUT2D eigenvalue weighted by Crippen LogP contribution is 2.25. The summed E-state index contributed by atoms with van der Waals surface area (Å²) in [6, 6.07) is 1.15. The molecule has 0 atom stereocenters. The van der Waals surface area contributed by atoms with Gasteiger partial charge < -0.3 is 5.11 Å². The van der Waals surface area contributed by atoms with Crippen LogP contribution in [0.4, 0.5) is 8.78 Å². The minimum absolute atomic E-state index is 0.0283. The van der Waals surface area contributed by atoms with Crippen LogP contribution in [-0.4, -0.2) is 16.1 Å². The highest BCUT2D eigenvalue weighted by atomic mass is 35.5. The molecule has 1 rings (SSSR count). The summed E-state index contributed by atoms with van der Waals surface area (Å²) in [5.74, 6) is -1.16. The number of halogens is 3. The van der Waals surface area contributed by atoms with Gasteiger partial charge in [-0.2, -0.15) is 0 Å². The number of carbonyl (C=O) groups is 1. The third-order valence-electron chi connectivity index (χ3n) is 1.77. The van der Waals surface area contributed by atoms with E-state index in [0.29, 0.717) is 5.56 Å². The first kappa shape index (κ1) is 11.8. The SMILES string of the molecule is Cc1cc(C(F)F)nc(CC(=O)O)c1Cl. The molecular formula is C9H8ClF2NO2. The van der Waals surface area contributed by atoms with Gasteiger partial charge in [0.25, 0.3) is 6.43 Å². The van der Waals surface area contributed by atoms with E-state index in [1.165, 1.54) is 6.92 Å². The molecule has 0 aliphatic heterocycles. The van der Waals surface area contributed by atoms with Crippen LogP contribution in [0, 0.1) is 6.92 Å². The number of aromatic nitrogens is 1. The van der Waals surface area contributed by atoms with Crippen molar-refractivity contribution in [3.8, 4) is 0 Å². The Labute approximate surface area is 89.7 Å². The minimum Gasteiger partial charge on any atom is -0.481 e. The fraction of sp³-hybridized carbons (Fsp3) is 0.333. The Kier molecular flexibility index (Phi) is 3.57. The van der Waals surface area contributed by atoms with E-state index < -0.39 is 24.5 Å². The Morgan fingerprint density at radius 1 is 1.67 bits per heavy atom. The summed E-state index contributed by atoms with van der Waals surface area (Å²) >= 11 is 5.74. The van der Waals surface area contributed by atoms with Crippen LogP contribution in [0.2, 0.25) is 5.02 Å². The van der Waals surface area contributed by atoms with E-state index in [0.717, 1.165) is 6.07 Å². The Morgan fingerprint density at radius 3 is 2.73 bits per heavy atom. The van der Waals surface area contributed by atoms with Crippen molar-refractivity contribution in [3.63, 3.8) is 0 Å². The maximum absolute atomic E-state index is 12.3. The predicted octanol–water partition coefficient (Wildman–Crippen LogP) is 2.61. The van der Waals surface area contributed by atoms with E-state index in [-0.39, 0.29) is 10.7 Å². The monoisotopic (exact) mass is 235 g/mol. The van der Waals surface area contributed by atoms with Gasteiger partial charge in [-0.25, -0.2) is 13.8 Å². The molecule has 0 amide bonds. The molecule has 82 valence electrons. The summed E-state index contributed by atoms with van der Waals surface area (Å²) in [7, 11) is 0. The molecule has 0 unspecified atom stereocenters. The smallest absolute Gasteiger partial charge is 0.309 e. The van der Waals surface area contributed by atoms with E-state index >= 15 is 0 Å². The number of hydrogen-bond donors (Lipinski definition) is 1. The first-order valence-electron chi connectivity index (χ1n) is 4.07. The van der Waals surface area contributed by atoms with Gasteiger partial charge in [-0.3, -0.25) is 4.79 Å². The van der Waals surface area contributed by atoms with Crippen LogP contribution in [0.5, 0.6) is 0 Å². The highest BCUT2D eigenvalue weighted by molar-refractivity contribution is 6.32. The van der Waals surface area contributed by atoms with E-state index in [4.69, 9.17) is 16.7 Å². The second-order valence-corrected chi connectivity index (χ2v) is 3.37. The van der Waals surface area contributed by atoms with E-state index in [1.54, 1.807) is 0 Å². The zero-order valence-electron chi connectivity index (χ0n) is 7.80. The molecule has 0 spiro atoms. The molecule has 1 heterocycles. The lowest BCUT2D eigenvalue weighted by molar-refractivity contribution is -0.136. The van der Waals surface area contributed by atoms with Gasteiger partial charge in [-0.05, 0) is 18.6 Å². The van der Waals surface area contributed by atoms with Gasteiger partial charge in [-0.1, -0.05) is 11.6 Å². The van der Waals surface area contributed by atoms with Gasteiger partial charge in [0.2, 0.25) is 0 Å². The summed E-state index contributed by atoms with van der Waals surface area (Å²) in [6.45, 7) is 1.53. The molecule has 1 aromatic heterocycles. The van der Waals surface area contributed by atoms with Gasteiger partial charge in [0.05, 0.1) is 17.1 Å². The van der Waals surface area contributed by atoms with Crippen molar-refractivity contribution in [3.05, 3.63) is 28.0 Å². The van der Waals surface area contributed by atoms with Crippen molar-refractivity contribution in [1.29, 1.82) is 0 Å². The van der Waals surface area contributed by atoms with Crippen molar-refractivity contribution >= 4 is 17.6 Å². The molecule has 6 heteroatoms. The maximum Gasteiger partial charge on any atom is 0.309 e. The normalized spacial score (nSPS) is 10.7. The minimum atomic E-state index is -2.73. The maximum atomic E-state index is 12.3. The quantitative estimate of drug-likeness (QED) is 0.876. The lowest BCUT2D eigenvalue weighted by Crippen LogP contribution is -2.06. The molecule has 0 radical (unpaired) electrons. The Balaban J connectivity index is 3.18. The molecule has 0 aromatic carbocycles. The van der Waals surface area contributed by atoms with Gasteiger partial charge in [0.15, 0.2) is 0 Å². The Bertz CT molecular complexity index is 396. The Morgan fingerprint density at radius 2 is 2.27 bits per heavy atom. The third kappa shape index (κ3) is 2.86. The van der Waals surface area contributed by atoms with E-state index in [9.17, 15) is 13.6 Å². The summed E-state index contributed by atoms with van der Waals surface area (Å²) in [5.41, 5.74) is -0.0779. The number of pyridine rings is 1. The van der Waals surface area contributed by atoms with Crippen molar-refractivity contribution in [2.24, 2.45) is 0 Å². The van der Waals surface area contributed by atoms with Crippen LogP contribution in [0.1, 0.15) is 23.4 Å². The van der Waals surface area contributed by atoms with Gasteiger partial charge in [0.1, 0.15) is 5.69 Å². The molecule has 0 bridgehead atoms. The van der Waals surface area contributed by atoms with Crippen molar-refractivity contribution in [2.75, 3.05) is 0 Å².